The van der Waals surface area contributed by atoms with Crippen LogP contribution in [0.25, 0.3) is 0 Å². The molecule has 0 bridgehead atoms. The van der Waals surface area contributed by atoms with Crippen LogP contribution < -0.4 is 11.3 Å². The summed E-state index contributed by atoms with van der Waals surface area (Å²) in [6.45, 7) is 6.30. The van der Waals surface area contributed by atoms with E-state index in [9.17, 15) is 0 Å². The minimum Gasteiger partial charge on any atom is -0.379 e. The standard InChI is InChI=1S/C13H22N2O/c1-5-12(16-4)13(15-14)11-7-6-9(2)8-10(11)3/h6-8,12-13,15H,5,14H2,1-4H3. The van der Waals surface area contributed by atoms with Gasteiger partial charge in [0.15, 0.2) is 0 Å². The van der Waals surface area contributed by atoms with Crippen molar-refractivity contribution in [1.29, 1.82) is 0 Å². The summed E-state index contributed by atoms with van der Waals surface area (Å²) in [7, 11) is 1.72. The fraction of sp³-hybridized carbons (Fsp3) is 0.538. The van der Waals surface area contributed by atoms with Gasteiger partial charge < -0.3 is 4.74 Å². The Morgan fingerprint density at radius 2 is 2.06 bits per heavy atom. The van der Waals surface area contributed by atoms with Crippen LogP contribution in [0.1, 0.15) is 36.1 Å². The Kier molecular flexibility index (Phi) is 4.93. The Morgan fingerprint density at radius 3 is 2.50 bits per heavy atom. The van der Waals surface area contributed by atoms with E-state index >= 15 is 0 Å². The number of ether oxygens (including phenoxy) is 1. The lowest BCUT2D eigenvalue weighted by molar-refractivity contribution is 0.0649. The van der Waals surface area contributed by atoms with E-state index in [1.54, 1.807) is 7.11 Å². The summed E-state index contributed by atoms with van der Waals surface area (Å²) in [5.41, 5.74) is 6.58. The molecule has 0 aliphatic rings. The Morgan fingerprint density at radius 1 is 1.38 bits per heavy atom. The third-order valence-corrected chi connectivity index (χ3v) is 3.02. The number of hydrogen-bond donors (Lipinski definition) is 2. The van der Waals surface area contributed by atoms with Crippen LogP contribution in [0.4, 0.5) is 0 Å². The molecule has 0 aliphatic heterocycles. The van der Waals surface area contributed by atoms with Gasteiger partial charge in [-0.1, -0.05) is 30.7 Å². The first-order chi connectivity index (χ1) is 7.63. The zero-order valence-electron chi connectivity index (χ0n) is 10.6. The van der Waals surface area contributed by atoms with Gasteiger partial charge >= 0.3 is 0 Å². The molecule has 0 aliphatic carbocycles. The van der Waals surface area contributed by atoms with Gasteiger partial charge in [-0.2, -0.15) is 0 Å². The highest BCUT2D eigenvalue weighted by atomic mass is 16.5. The number of hydrazine groups is 1. The lowest BCUT2D eigenvalue weighted by Crippen LogP contribution is -2.37. The minimum absolute atomic E-state index is 0.0515. The molecule has 3 N–H and O–H groups in total. The molecule has 0 amide bonds. The zero-order valence-corrected chi connectivity index (χ0v) is 10.6. The van der Waals surface area contributed by atoms with Crippen molar-refractivity contribution in [1.82, 2.24) is 5.43 Å². The molecule has 0 fully saturated rings. The smallest absolute Gasteiger partial charge is 0.0776 e. The number of rotatable bonds is 5. The first-order valence-electron chi connectivity index (χ1n) is 5.70. The summed E-state index contributed by atoms with van der Waals surface area (Å²) >= 11 is 0. The number of benzene rings is 1. The van der Waals surface area contributed by atoms with Crippen LogP contribution >= 0.6 is 0 Å². The Labute approximate surface area is 98.0 Å². The van der Waals surface area contributed by atoms with Crippen molar-refractivity contribution >= 4 is 0 Å². The second-order valence-corrected chi connectivity index (χ2v) is 4.19. The number of aryl methyl sites for hydroxylation is 2. The SMILES string of the molecule is CCC(OC)C(NN)c1ccc(C)cc1C. The van der Waals surface area contributed by atoms with Crippen molar-refractivity contribution in [2.24, 2.45) is 5.84 Å². The molecule has 0 heterocycles. The number of nitrogens with one attached hydrogen (secondary N) is 1. The molecule has 1 aromatic rings. The maximum absolute atomic E-state index is 5.63. The fourth-order valence-electron chi connectivity index (χ4n) is 2.11. The number of hydrogen-bond acceptors (Lipinski definition) is 3. The maximum Gasteiger partial charge on any atom is 0.0776 e. The average molecular weight is 222 g/mol. The van der Waals surface area contributed by atoms with Crippen LogP contribution in [-0.4, -0.2) is 13.2 Å². The topological polar surface area (TPSA) is 47.3 Å². The van der Waals surface area contributed by atoms with Crippen molar-refractivity contribution in [3.63, 3.8) is 0 Å². The average Bonchev–Trinajstić information content (AvgIpc) is 2.27. The van der Waals surface area contributed by atoms with E-state index in [1.807, 2.05) is 0 Å². The van der Waals surface area contributed by atoms with Crippen LogP contribution in [0.5, 0.6) is 0 Å². The molecule has 0 aromatic heterocycles. The normalized spacial score (nSPS) is 14.8. The summed E-state index contributed by atoms with van der Waals surface area (Å²) in [6, 6.07) is 6.45. The third-order valence-electron chi connectivity index (χ3n) is 3.02. The van der Waals surface area contributed by atoms with Crippen LogP contribution in [0, 0.1) is 13.8 Å². The zero-order chi connectivity index (χ0) is 12.1. The lowest BCUT2D eigenvalue weighted by Gasteiger charge is -2.26. The van der Waals surface area contributed by atoms with E-state index in [0.717, 1.165) is 6.42 Å². The van der Waals surface area contributed by atoms with Gasteiger partial charge in [0.2, 0.25) is 0 Å². The van der Waals surface area contributed by atoms with Crippen molar-refractivity contribution in [2.75, 3.05) is 7.11 Å². The summed E-state index contributed by atoms with van der Waals surface area (Å²) < 4.78 is 5.45. The van der Waals surface area contributed by atoms with Gasteiger partial charge in [-0.3, -0.25) is 11.3 Å². The molecule has 0 radical (unpaired) electrons. The van der Waals surface area contributed by atoms with Crippen molar-refractivity contribution < 1.29 is 4.74 Å². The number of nitrogens with two attached hydrogens (primary N) is 1. The van der Waals surface area contributed by atoms with E-state index in [2.05, 4.69) is 44.4 Å². The Bertz CT molecular complexity index is 335. The Hall–Kier alpha value is -0.900. The molecule has 0 spiro atoms. The predicted molar refractivity (Wildman–Crippen MR) is 67.1 cm³/mol. The molecule has 90 valence electrons. The molecular weight excluding hydrogens is 200 g/mol. The molecule has 16 heavy (non-hydrogen) atoms. The molecule has 3 nitrogen and oxygen atoms in total. The molecule has 1 rings (SSSR count). The largest absolute Gasteiger partial charge is 0.379 e. The highest BCUT2D eigenvalue weighted by molar-refractivity contribution is 5.33. The molecular formula is C13H22N2O. The van der Waals surface area contributed by atoms with Crippen molar-refractivity contribution in [3.05, 3.63) is 34.9 Å². The van der Waals surface area contributed by atoms with Gasteiger partial charge in [0.25, 0.3) is 0 Å². The predicted octanol–water partition coefficient (Wildman–Crippen LogP) is 2.23. The van der Waals surface area contributed by atoms with Crippen molar-refractivity contribution in [3.8, 4) is 0 Å². The minimum atomic E-state index is 0.0515. The molecule has 3 heteroatoms. The second kappa shape index (κ2) is 5.99. The summed E-state index contributed by atoms with van der Waals surface area (Å²) in [6.07, 6.45) is 1.03. The van der Waals surface area contributed by atoms with Crippen LogP contribution in [0.15, 0.2) is 18.2 Å². The van der Waals surface area contributed by atoms with Crippen LogP contribution in [0.3, 0.4) is 0 Å². The second-order valence-electron chi connectivity index (χ2n) is 4.19. The highest BCUT2D eigenvalue weighted by Gasteiger charge is 2.21. The van der Waals surface area contributed by atoms with E-state index in [-0.39, 0.29) is 12.1 Å². The maximum atomic E-state index is 5.63. The van der Waals surface area contributed by atoms with E-state index in [0.29, 0.717) is 0 Å². The lowest BCUT2D eigenvalue weighted by atomic mass is 9.95. The Balaban J connectivity index is 3.03. The number of methoxy groups -OCH3 is 1. The molecule has 0 saturated heterocycles. The van der Waals surface area contributed by atoms with E-state index in [1.165, 1.54) is 16.7 Å². The van der Waals surface area contributed by atoms with Crippen molar-refractivity contribution in [2.45, 2.75) is 39.3 Å². The quantitative estimate of drug-likeness (QED) is 0.593. The molecule has 2 unspecified atom stereocenters. The van der Waals surface area contributed by atoms with Gasteiger partial charge in [0.05, 0.1) is 12.1 Å². The first-order valence-corrected chi connectivity index (χ1v) is 5.70. The van der Waals surface area contributed by atoms with Crippen LogP contribution in [0.2, 0.25) is 0 Å². The highest BCUT2D eigenvalue weighted by Crippen LogP contribution is 2.24. The third kappa shape index (κ3) is 2.82. The summed E-state index contributed by atoms with van der Waals surface area (Å²) in [4.78, 5) is 0. The van der Waals surface area contributed by atoms with E-state index < -0.39 is 0 Å². The van der Waals surface area contributed by atoms with E-state index in [4.69, 9.17) is 10.6 Å². The van der Waals surface area contributed by atoms with Gasteiger partial charge in [0, 0.05) is 7.11 Å². The monoisotopic (exact) mass is 222 g/mol. The molecule has 1 aromatic carbocycles. The van der Waals surface area contributed by atoms with Gasteiger partial charge in [-0.15, -0.1) is 0 Å². The summed E-state index contributed by atoms with van der Waals surface area (Å²) in [5.74, 6) is 5.63. The molecule has 0 saturated carbocycles. The fourth-order valence-corrected chi connectivity index (χ4v) is 2.11. The van der Waals surface area contributed by atoms with Gasteiger partial charge in [0.1, 0.15) is 0 Å². The van der Waals surface area contributed by atoms with Crippen LogP contribution in [-0.2, 0) is 4.74 Å². The van der Waals surface area contributed by atoms with Gasteiger partial charge in [-0.25, -0.2) is 0 Å². The summed E-state index contributed by atoms with van der Waals surface area (Å²) in [5, 5.41) is 0. The first kappa shape index (κ1) is 13.2. The molecule has 2 atom stereocenters. The van der Waals surface area contributed by atoms with Gasteiger partial charge in [-0.05, 0) is 31.4 Å².